The van der Waals surface area contributed by atoms with Crippen LogP contribution in [-0.4, -0.2) is 18.8 Å². The molecule has 0 aromatic heterocycles. The molecule has 0 spiro atoms. The van der Waals surface area contributed by atoms with Gasteiger partial charge in [0.25, 0.3) is 0 Å². The van der Waals surface area contributed by atoms with Crippen molar-refractivity contribution < 1.29 is 4.74 Å². The Morgan fingerprint density at radius 1 is 1.47 bits per heavy atom. The number of allylic oxidation sites excluding steroid dienone is 1. The van der Waals surface area contributed by atoms with Gasteiger partial charge in [0, 0.05) is 12.6 Å². The van der Waals surface area contributed by atoms with Crippen molar-refractivity contribution in [2.75, 3.05) is 6.61 Å². The summed E-state index contributed by atoms with van der Waals surface area (Å²) in [5, 5.41) is 0. The summed E-state index contributed by atoms with van der Waals surface area (Å²) in [4.78, 5) is 0. The van der Waals surface area contributed by atoms with Crippen molar-refractivity contribution in [3.05, 3.63) is 12.7 Å². The Balaban J connectivity index is 2.11. The second-order valence-corrected chi connectivity index (χ2v) is 4.30. The van der Waals surface area contributed by atoms with E-state index in [9.17, 15) is 0 Å². The number of rotatable bonds is 7. The van der Waals surface area contributed by atoms with E-state index in [4.69, 9.17) is 10.6 Å². The molecule has 0 aromatic rings. The van der Waals surface area contributed by atoms with Gasteiger partial charge < -0.3 is 4.74 Å². The fraction of sp³-hybridized carbons (Fsp3) is 0.833. The van der Waals surface area contributed by atoms with Crippen LogP contribution in [0.25, 0.3) is 0 Å². The van der Waals surface area contributed by atoms with Gasteiger partial charge >= 0.3 is 0 Å². The van der Waals surface area contributed by atoms with Gasteiger partial charge in [0.15, 0.2) is 0 Å². The molecule has 1 heterocycles. The molecule has 3 N–H and O–H groups in total. The summed E-state index contributed by atoms with van der Waals surface area (Å²) < 4.78 is 5.69. The highest BCUT2D eigenvalue weighted by atomic mass is 16.5. The molecule has 1 aliphatic heterocycles. The number of nitrogens with two attached hydrogens (primary N) is 1. The quantitative estimate of drug-likeness (QED) is 0.386. The fourth-order valence-corrected chi connectivity index (χ4v) is 2.05. The first-order valence-corrected chi connectivity index (χ1v) is 6.05. The molecule has 88 valence electrons. The average Bonchev–Trinajstić information content (AvgIpc) is 2.31. The highest BCUT2D eigenvalue weighted by Gasteiger charge is 2.15. The first-order chi connectivity index (χ1) is 7.36. The molecule has 1 aliphatic rings. The van der Waals surface area contributed by atoms with Crippen LogP contribution in [0.5, 0.6) is 0 Å². The minimum Gasteiger partial charge on any atom is -0.378 e. The first-order valence-electron chi connectivity index (χ1n) is 6.05. The minimum atomic E-state index is 0.411. The normalized spacial score (nSPS) is 23.7. The molecule has 3 nitrogen and oxygen atoms in total. The van der Waals surface area contributed by atoms with Crippen molar-refractivity contribution in [1.82, 2.24) is 5.43 Å². The Kier molecular flexibility index (Phi) is 6.64. The first kappa shape index (κ1) is 12.7. The van der Waals surface area contributed by atoms with Crippen LogP contribution < -0.4 is 11.3 Å². The molecule has 0 radical (unpaired) electrons. The molecular weight excluding hydrogens is 188 g/mol. The Morgan fingerprint density at radius 2 is 2.33 bits per heavy atom. The van der Waals surface area contributed by atoms with E-state index < -0.39 is 0 Å². The van der Waals surface area contributed by atoms with Crippen LogP contribution in [0.3, 0.4) is 0 Å². The molecule has 0 amide bonds. The Labute approximate surface area is 93.0 Å². The zero-order chi connectivity index (χ0) is 10.9. The van der Waals surface area contributed by atoms with Gasteiger partial charge in [0.05, 0.1) is 6.10 Å². The fourth-order valence-electron chi connectivity index (χ4n) is 2.05. The largest absolute Gasteiger partial charge is 0.378 e. The van der Waals surface area contributed by atoms with E-state index in [-0.39, 0.29) is 0 Å². The van der Waals surface area contributed by atoms with Gasteiger partial charge in [-0.15, -0.1) is 6.58 Å². The number of hydrogen-bond acceptors (Lipinski definition) is 3. The highest BCUT2D eigenvalue weighted by Crippen LogP contribution is 2.18. The predicted octanol–water partition coefficient (Wildman–Crippen LogP) is 2.13. The van der Waals surface area contributed by atoms with E-state index >= 15 is 0 Å². The van der Waals surface area contributed by atoms with E-state index in [1.807, 2.05) is 6.08 Å². The maximum absolute atomic E-state index is 5.69. The van der Waals surface area contributed by atoms with Crippen LogP contribution in [0, 0.1) is 0 Å². The third kappa shape index (κ3) is 5.30. The van der Waals surface area contributed by atoms with Gasteiger partial charge in [-0.2, -0.15) is 0 Å². The molecule has 3 heteroatoms. The summed E-state index contributed by atoms with van der Waals surface area (Å²) in [5.41, 5.74) is 2.87. The maximum atomic E-state index is 5.69. The second-order valence-electron chi connectivity index (χ2n) is 4.30. The molecule has 1 fully saturated rings. The molecule has 2 atom stereocenters. The molecule has 0 bridgehead atoms. The SMILES string of the molecule is C=CCCC(CCC1CCCCO1)NN. The molecular formula is C12H24N2O. The highest BCUT2D eigenvalue weighted by molar-refractivity contribution is 4.74. The average molecular weight is 212 g/mol. The van der Waals surface area contributed by atoms with Gasteiger partial charge in [-0.3, -0.25) is 11.3 Å². The standard InChI is InChI=1S/C12H24N2O/c1-2-3-6-11(14-13)8-9-12-7-4-5-10-15-12/h2,11-12,14H,1,3-10,13H2. The van der Waals surface area contributed by atoms with Crippen LogP contribution in [0.4, 0.5) is 0 Å². The van der Waals surface area contributed by atoms with Crippen molar-refractivity contribution in [3.8, 4) is 0 Å². The third-order valence-corrected chi connectivity index (χ3v) is 3.07. The summed E-state index contributed by atoms with van der Waals surface area (Å²) in [5.74, 6) is 5.50. The summed E-state index contributed by atoms with van der Waals surface area (Å²) >= 11 is 0. The van der Waals surface area contributed by atoms with Crippen molar-refractivity contribution in [1.29, 1.82) is 0 Å². The van der Waals surface area contributed by atoms with Crippen molar-refractivity contribution in [3.63, 3.8) is 0 Å². The number of ether oxygens (including phenoxy) is 1. The molecule has 2 unspecified atom stereocenters. The summed E-state index contributed by atoms with van der Waals surface area (Å²) in [6.07, 6.45) is 10.5. The lowest BCUT2D eigenvalue weighted by molar-refractivity contribution is 0.00846. The van der Waals surface area contributed by atoms with Gasteiger partial charge in [0.2, 0.25) is 0 Å². The zero-order valence-electron chi connectivity index (χ0n) is 9.58. The molecule has 0 aliphatic carbocycles. The van der Waals surface area contributed by atoms with Gasteiger partial charge in [-0.1, -0.05) is 6.08 Å². The van der Waals surface area contributed by atoms with Crippen LogP contribution in [-0.2, 0) is 4.74 Å². The maximum Gasteiger partial charge on any atom is 0.0575 e. The Morgan fingerprint density at radius 3 is 2.93 bits per heavy atom. The lowest BCUT2D eigenvalue weighted by Gasteiger charge is -2.24. The Bertz CT molecular complexity index is 167. The van der Waals surface area contributed by atoms with Gasteiger partial charge in [-0.25, -0.2) is 0 Å². The topological polar surface area (TPSA) is 47.3 Å². The molecule has 0 saturated carbocycles. The summed E-state index contributed by atoms with van der Waals surface area (Å²) in [6.45, 7) is 4.67. The van der Waals surface area contributed by atoms with E-state index in [0.717, 1.165) is 32.3 Å². The summed E-state index contributed by atoms with van der Waals surface area (Å²) in [6, 6.07) is 0.411. The van der Waals surface area contributed by atoms with E-state index in [1.165, 1.54) is 19.3 Å². The number of hydrogen-bond donors (Lipinski definition) is 2. The number of hydrazine groups is 1. The van der Waals surface area contributed by atoms with E-state index in [2.05, 4.69) is 12.0 Å². The minimum absolute atomic E-state index is 0.411. The summed E-state index contributed by atoms with van der Waals surface area (Å²) in [7, 11) is 0. The zero-order valence-corrected chi connectivity index (χ0v) is 9.58. The van der Waals surface area contributed by atoms with Crippen LogP contribution >= 0.6 is 0 Å². The van der Waals surface area contributed by atoms with Crippen molar-refractivity contribution >= 4 is 0 Å². The van der Waals surface area contributed by atoms with Crippen molar-refractivity contribution in [2.45, 2.75) is 57.1 Å². The van der Waals surface area contributed by atoms with Crippen molar-refractivity contribution in [2.24, 2.45) is 5.84 Å². The predicted molar refractivity (Wildman–Crippen MR) is 63.4 cm³/mol. The smallest absolute Gasteiger partial charge is 0.0575 e. The van der Waals surface area contributed by atoms with Crippen LogP contribution in [0.1, 0.15) is 44.9 Å². The number of nitrogens with one attached hydrogen (secondary N) is 1. The van der Waals surface area contributed by atoms with E-state index in [1.54, 1.807) is 0 Å². The molecule has 1 rings (SSSR count). The second kappa shape index (κ2) is 7.85. The van der Waals surface area contributed by atoms with Gasteiger partial charge in [0.1, 0.15) is 0 Å². The molecule has 15 heavy (non-hydrogen) atoms. The third-order valence-electron chi connectivity index (χ3n) is 3.07. The lowest BCUT2D eigenvalue weighted by Crippen LogP contribution is -2.36. The monoisotopic (exact) mass is 212 g/mol. The van der Waals surface area contributed by atoms with E-state index in [0.29, 0.717) is 12.1 Å². The molecule has 0 aromatic carbocycles. The molecule has 1 saturated heterocycles. The lowest BCUT2D eigenvalue weighted by atomic mass is 9.99. The van der Waals surface area contributed by atoms with Crippen LogP contribution in [0.15, 0.2) is 12.7 Å². The Hall–Kier alpha value is -0.380. The van der Waals surface area contributed by atoms with Crippen LogP contribution in [0.2, 0.25) is 0 Å². The van der Waals surface area contributed by atoms with Gasteiger partial charge in [-0.05, 0) is 44.9 Å².